The average molecular weight is 474 g/mol. The molecule has 1 saturated heterocycles. The first-order chi connectivity index (χ1) is 15.4. The molecule has 2 amide bonds. The number of carbonyl (C=O) groups is 2. The summed E-state index contributed by atoms with van der Waals surface area (Å²) in [5.74, 6) is -13.5. The molecule has 3 rings (SSSR count). The van der Waals surface area contributed by atoms with Crippen molar-refractivity contribution in [2.24, 2.45) is 0 Å². The molecule has 11 heteroatoms. The van der Waals surface area contributed by atoms with Crippen LogP contribution in [-0.2, 0) is 10.7 Å². The lowest BCUT2D eigenvalue weighted by Gasteiger charge is -2.38. The van der Waals surface area contributed by atoms with E-state index >= 15 is 0 Å². The molecule has 1 aliphatic heterocycles. The number of hydrogen-bond donors (Lipinski definition) is 2. The van der Waals surface area contributed by atoms with Gasteiger partial charge in [0, 0.05) is 36.5 Å². The normalized spacial score (nSPS) is 15.9. The van der Waals surface area contributed by atoms with Gasteiger partial charge in [-0.3, -0.25) is 9.59 Å². The Kier molecular flexibility index (Phi) is 6.73. The first-order valence-electron chi connectivity index (χ1n) is 10.0. The van der Waals surface area contributed by atoms with Crippen molar-refractivity contribution >= 4 is 17.5 Å². The molecule has 2 aromatic rings. The molecular weight excluding hydrogens is 454 g/mol. The van der Waals surface area contributed by atoms with Crippen LogP contribution < -0.4 is 5.32 Å². The van der Waals surface area contributed by atoms with Crippen LogP contribution in [0.1, 0.15) is 42.1 Å². The van der Waals surface area contributed by atoms with Crippen molar-refractivity contribution in [3.8, 4) is 0 Å². The fourth-order valence-corrected chi connectivity index (χ4v) is 3.53. The van der Waals surface area contributed by atoms with E-state index in [0.29, 0.717) is 30.7 Å². The molecule has 0 saturated carbocycles. The average Bonchev–Trinajstić information content (AvgIpc) is 2.77. The summed E-state index contributed by atoms with van der Waals surface area (Å²) in [5.41, 5.74) is -3.44. The number of amides is 2. The molecule has 0 spiro atoms. The quantitative estimate of drug-likeness (QED) is 0.500. The van der Waals surface area contributed by atoms with Crippen molar-refractivity contribution < 1.29 is 41.0 Å². The lowest BCUT2D eigenvalue weighted by atomic mass is 9.88. The predicted octanol–water partition coefficient (Wildman–Crippen LogP) is 4.35. The fraction of sp³-hybridized carbons (Fsp3) is 0.364. The van der Waals surface area contributed by atoms with Gasteiger partial charge in [0.25, 0.3) is 11.8 Å². The van der Waals surface area contributed by atoms with E-state index in [2.05, 4.69) is 0 Å². The zero-order valence-electron chi connectivity index (χ0n) is 17.4. The Bertz CT molecular complexity index is 1060. The van der Waals surface area contributed by atoms with Gasteiger partial charge in [0.2, 0.25) is 0 Å². The second-order valence-corrected chi connectivity index (χ2v) is 7.85. The highest BCUT2D eigenvalue weighted by Gasteiger charge is 2.47. The van der Waals surface area contributed by atoms with Gasteiger partial charge >= 0.3 is 5.92 Å². The standard InChI is InChI=1S/C22H20F6N2O3/c1-2-21(33)5-7-30(8-6-21)20(32)22(27,28)14-9-12(3-4-15(14)23)19(31)29-13-10-16(24)18(26)17(25)11-13/h3-4,9-11,33H,2,5-8H2,1H3,(H,29,31). The monoisotopic (exact) mass is 474 g/mol. The molecule has 1 aliphatic rings. The van der Waals surface area contributed by atoms with Gasteiger partial charge < -0.3 is 15.3 Å². The summed E-state index contributed by atoms with van der Waals surface area (Å²) in [6.07, 6.45) is 0.557. The van der Waals surface area contributed by atoms with Crippen LogP contribution >= 0.6 is 0 Å². The summed E-state index contributed by atoms with van der Waals surface area (Å²) in [5, 5.41) is 12.2. The van der Waals surface area contributed by atoms with E-state index in [1.807, 2.05) is 5.32 Å². The number of carbonyl (C=O) groups excluding carboxylic acids is 2. The number of hydrogen-bond acceptors (Lipinski definition) is 3. The molecule has 0 aliphatic carbocycles. The molecular formula is C22H20F6N2O3. The number of rotatable bonds is 5. The zero-order valence-corrected chi connectivity index (χ0v) is 17.4. The number of benzene rings is 2. The van der Waals surface area contributed by atoms with Crippen LogP contribution in [0.4, 0.5) is 32.0 Å². The molecule has 178 valence electrons. The van der Waals surface area contributed by atoms with Crippen LogP contribution in [0.3, 0.4) is 0 Å². The Morgan fingerprint density at radius 3 is 2.15 bits per heavy atom. The van der Waals surface area contributed by atoms with Gasteiger partial charge in [0.15, 0.2) is 17.5 Å². The van der Waals surface area contributed by atoms with Gasteiger partial charge in [-0.1, -0.05) is 6.92 Å². The van der Waals surface area contributed by atoms with Gasteiger partial charge in [-0.2, -0.15) is 8.78 Å². The second kappa shape index (κ2) is 9.05. The lowest BCUT2D eigenvalue weighted by molar-refractivity contribution is -0.163. The lowest BCUT2D eigenvalue weighted by Crippen LogP contribution is -2.50. The Morgan fingerprint density at radius 1 is 1.03 bits per heavy atom. The van der Waals surface area contributed by atoms with E-state index in [9.17, 15) is 41.0 Å². The highest BCUT2D eigenvalue weighted by Crippen LogP contribution is 2.35. The maximum absolute atomic E-state index is 14.9. The molecule has 5 nitrogen and oxygen atoms in total. The van der Waals surface area contributed by atoms with Crippen LogP contribution in [0.5, 0.6) is 0 Å². The van der Waals surface area contributed by atoms with Crippen LogP contribution in [0.25, 0.3) is 0 Å². The third kappa shape index (κ3) is 4.97. The summed E-state index contributed by atoms with van der Waals surface area (Å²) in [7, 11) is 0. The van der Waals surface area contributed by atoms with E-state index in [4.69, 9.17) is 0 Å². The number of anilines is 1. The Morgan fingerprint density at radius 2 is 1.61 bits per heavy atom. The number of alkyl halides is 2. The molecule has 0 aromatic heterocycles. The molecule has 1 heterocycles. The maximum atomic E-state index is 14.9. The Hall–Kier alpha value is -3.08. The number of nitrogens with zero attached hydrogens (tertiary/aromatic N) is 1. The molecule has 0 radical (unpaired) electrons. The number of nitrogens with one attached hydrogen (secondary N) is 1. The zero-order chi connectivity index (χ0) is 24.6. The third-order valence-corrected chi connectivity index (χ3v) is 5.72. The Labute approximate surface area is 185 Å². The first kappa shape index (κ1) is 24.6. The molecule has 1 fully saturated rings. The highest BCUT2D eigenvalue weighted by atomic mass is 19.3. The maximum Gasteiger partial charge on any atom is 0.352 e. The van der Waals surface area contributed by atoms with Crippen molar-refractivity contribution in [2.45, 2.75) is 37.7 Å². The summed E-state index contributed by atoms with van der Waals surface area (Å²) >= 11 is 0. The van der Waals surface area contributed by atoms with Crippen molar-refractivity contribution in [3.63, 3.8) is 0 Å². The largest absolute Gasteiger partial charge is 0.390 e. The number of piperidine rings is 1. The third-order valence-electron chi connectivity index (χ3n) is 5.72. The fourth-order valence-electron chi connectivity index (χ4n) is 3.53. The minimum Gasteiger partial charge on any atom is -0.390 e. The van der Waals surface area contributed by atoms with E-state index in [1.165, 1.54) is 0 Å². The summed E-state index contributed by atoms with van der Waals surface area (Å²) in [6, 6.07) is 2.82. The van der Waals surface area contributed by atoms with Crippen LogP contribution in [-0.4, -0.2) is 40.5 Å². The smallest absolute Gasteiger partial charge is 0.352 e. The van der Waals surface area contributed by atoms with Crippen molar-refractivity contribution in [2.75, 3.05) is 18.4 Å². The first-order valence-corrected chi connectivity index (χ1v) is 10.0. The number of halogens is 6. The molecule has 0 unspecified atom stereocenters. The minimum absolute atomic E-state index is 0.0844. The molecule has 2 aromatic carbocycles. The predicted molar refractivity (Wildman–Crippen MR) is 106 cm³/mol. The van der Waals surface area contributed by atoms with Crippen LogP contribution in [0.15, 0.2) is 30.3 Å². The number of likely N-dealkylation sites (tertiary alicyclic amines) is 1. The SMILES string of the molecule is CCC1(O)CCN(C(=O)C(F)(F)c2cc(C(=O)Nc3cc(F)c(F)c(F)c3)ccc2F)CC1. The van der Waals surface area contributed by atoms with E-state index in [-0.39, 0.29) is 25.9 Å². The highest BCUT2D eigenvalue weighted by molar-refractivity contribution is 6.04. The molecule has 0 atom stereocenters. The second-order valence-electron chi connectivity index (χ2n) is 7.85. The van der Waals surface area contributed by atoms with Gasteiger partial charge in [-0.25, -0.2) is 17.6 Å². The minimum atomic E-state index is -4.32. The van der Waals surface area contributed by atoms with Crippen molar-refractivity contribution in [1.29, 1.82) is 0 Å². The Balaban J connectivity index is 1.83. The summed E-state index contributed by atoms with van der Waals surface area (Å²) in [4.78, 5) is 25.6. The number of aliphatic hydroxyl groups is 1. The van der Waals surface area contributed by atoms with E-state index in [0.717, 1.165) is 11.0 Å². The van der Waals surface area contributed by atoms with Crippen LogP contribution in [0.2, 0.25) is 0 Å². The van der Waals surface area contributed by atoms with Gasteiger partial charge in [-0.15, -0.1) is 0 Å². The molecule has 33 heavy (non-hydrogen) atoms. The van der Waals surface area contributed by atoms with Gasteiger partial charge in [-0.05, 0) is 37.5 Å². The molecule has 2 N–H and O–H groups in total. The topological polar surface area (TPSA) is 69.6 Å². The molecule has 0 bridgehead atoms. The van der Waals surface area contributed by atoms with E-state index < -0.39 is 63.4 Å². The van der Waals surface area contributed by atoms with Crippen molar-refractivity contribution in [1.82, 2.24) is 4.90 Å². The van der Waals surface area contributed by atoms with Crippen molar-refractivity contribution in [3.05, 3.63) is 64.7 Å². The van der Waals surface area contributed by atoms with Gasteiger partial charge in [0.05, 0.1) is 11.2 Å². The van der Waals surface area contributed by atoms with Gasteiger partial charge in [0.1, 0.15) is 5.82 Å². The summed E-state index contributed by atoms with van der Waals surface area (Å²) in [6.45, 7) is 1.43. The van der Waals surface area contributed by atoms with Crippen LogP contribution in [0, 0.1) is 23.3 Å². The summed E-state index contributed by atoms with van der Waals surface area (Å²) < 4.78 is 83.8. The van der Waals surface area contributed by atoms with E-state index in [1.54, 1.807) is 6.92 Å².